The van der Waals surface area contributed by atoms with Gasteiger partial charge in [0.25, 0.3) is 11.7 Å². The highest BCUT2D eigenvalue weighted by Crippen LogP contribution is 2.38. The Morgan fingerprint density at radius 1 is 0.817 bits per heavy atom. The minimum atomic E-state index is -2.52. The number of rotatable bonds is 14. The van der Waals surface area contributed by atoms with Crippen molar-refractivity contribution in [3.05, 3.63) is 83.5 Å². The number of hydrogen-bond acceptors (Lipinski definition) is 16. The Kier molecular flexibility index (Phi) is 26.8. The highest BCUT2D eigenvalue weighted by molar-refractivity contribution is 6.39. The molecule has 1 aromatic carbocycles. The van der Waals surface area contributed by atoms with E-state index >= 15 is 0 Å². The fourth-order valence-electron chi connectivity index (χ4n) is 12.5. The molecule has 1 aromatic rings. The number of methoxy groups -OCH3 is 2. The van der Waals surface area contributed by atoms with Gasteiger partial charge in [-0.2, -0.15) is 0 Å². The van der Waals surface area contributed by atoms with Crippen molar-refractivity contribution >= 4 is 29.2 Å². The van der Waals surface area contributed by atoms with E-state index in [1.165, 1.54) is 12.0 Å². The molecule has 82 heavy (non-hydrogen) atoms. The van der Waals surface area contributed by atoms with Crippen molar-refractivity contribution < 1.29 is 72.5 Å². The van der Waals surface area contributed by atoms with E-state index in [0.29, 0.717) is 62.7 Å². The Balaban J connectivity index is 1.26. The molecule has 17 heteroatoms. The number of hydrogen-bond donors (Lipinski definition) is 3. The standard InChI is InChI=1S/C65H98N2O15/c1-42-19-12-10-13-20-43(2)56(80-41-54(69)50-21-14-11-15-22-50)39-51-26-24-48(7)65(75,82-51)62(72)63(73)67-29-17-16-23-52(67)64(74)81-57(40-53(68)44(3)36-47(6)60(71)61(77-9)59(70)46(5)35-42)45(4)37-49-25-27-55(58(38-49)76-8)79-32-18-28-66-30-33-78-34-31-66/h10-15,19-22,36,42,44-46,48-49,51-52,54-58,60-61,69,71,75H,16-18,23-35,37-41H2,1-9H3/b13-10+,19-12+,43-20+,47-36+/t42-,44-,45-,46-,48-,49+,51+,52?,54+,55-,56?,57+,58-,60-,61+,65-/m1/s1. The molecule has 2 bridgehead atoms. The number of Topliss-reactive ketones (excluding diaryl/α,β-unsaturated/α-hetero) is 3. The predicted octanol–water partition coefficient (Wildman–Crippen LogP) is 8.03. The Morgan fingerprint density at radius 2 is 1.56 bits per heavy atom. The van der Waals surface area contributed by atoms with Crippen LogP contribution in [-0.4, -0.2) is 176 Å². The number of esters is 1. The van der Waals surface area contributed by atoms with Gasteiger partial charge in [0.15, 0.2) is 5.78 Å². The molecule has 16 atom stereocenters. The first-order chi connectivity index (χ1) is 39.2. The lowest BCUT2D eigenvalue weighted by Crippen LogP contribution is -2.61. The first-order valence-electron chi connectivity index (χ1n) is 30.5. The predicted molar refractivity (Wildman–Crippen MR) is 311 cm³/mol. The van der Waals surface area contributed by atoms with Gasteiger partial charge in [0.1, 0.15) is 36.2 Å². The normalized spacial score (nSPS) is 36.2. The molecule has 0 spiro atoms. The molecule has 458 valence electrons. The minimum Gasteiger partial charge on any atom is -0.460 e. The molecule has 4 aliphatic heterocycles. The van der Waals surface area contributed by atoms with Gasteiger partial charge in [-0.15, -0.1) is 0 Å². The van der Waals surface area contributed by atoms with Gasteiger partial charge in [0.05, 0.1) is 44.2 Å². The van der Waals surface area contributed by atoms with Crippen LogP contribution in [0.1, 0.15) is 144 Å². The number of fused-ring (bicyclic) bond motifs is 3. The van der Waals surface area contributed by atoms with Crippen molar-refractivity contribution in [3.63, 3.8) is 0 Å². The monoisotopic (exact) mass is 1150 g/mol. The van der Waals surface area contributed by atoms with E-state index in [1.54, 1.807) is 34.0 Å². The molecule has 4 fully saturated rings. The van der Waals surface area contributed by atoms with Gasteiger partial charge in [0.2, 0.25) is 5.79 Å². The zero-order valence-corrected chi connectivity index (χ0v) is 50.5. The minimum absolute atomic E-state index is 0.0279. The molecule has 3 saturated heterocycles. The van der Waals surface area contributed by atoms with Gasteiger partial charge < -0.3 is 53.4 Å². The van der Waals surface area contributed by atoms with E-state index in [9.17, 15) is 39.3 Å². The van der Waals surface area contributed by atoms with Crippen LogP contribution in [0.4, 0.5) is 0 Å². The molecule has 3 N–H and O–H groups in total. The first-order valence-corrected chi connectivity index (χ1v) is 30.5. The zero-order valence-electron chi connectivity index (χ0n) is 50.5. The molecule has 6 rings (SSSR count). The molecule has 4 heterocycles. The van der Waals surface area contributed by atoms with Crippen LogP contribution in [0.3, 0.4) is 0 Å². The number of carbonyl (C=O) groups is 5. The van der Waals surface area contributed by atoms with Crippen LogP contribution in [0.2, 0.25) is 0 Å². The second kappa shape index (κ2) is 32.9. The summed E-state index contributed by atoms with van der Waals surface area (Å²) in [5, 5.41) is 35.1. The zero-order chi connectivity index (χ0) is 59.5. The van der Waals surface area contributed by atoms with Crippen LogP contribution in [0, 0.1) is 35.5 Å². The lowest BCUT2D eigenvalue weighted by atomic mass is 9.78. The second-order valence-corrected chi connectivity index (χ2v) is 24.3. The fraction of sp³-hybridized carbons (Fsp3) is 0.708. The first kappa shape index (κ1) is 66.9. The van der Waals surface area contributed by atoms with E-state index in [2.05, 4.69) is 4.90 Å². The van der Waals surface area contributed by atoms with Crippen LogP contribution in [0.15, 0.2) is 77.9 Å². The second-order valence-electron chi connectivity index (χ2n) is 24.3. The highest BCUT2D eigenvalue weighted by atomic mass is 16.6. The smallest absolute Gasteiger partial charge is 0.329 e. The maximum Gasteiger partial charge on any atom is 0.329 e. The van der Waals surface area contributed by atoms with Crippen LogP contribution in [0.5, 0.6) is 0 Å². The van der Waals surface area contributed by atoms with Crippen molar-refractivity contribution in [2.24, 2.45) is 35.5 Å². The summed E-state index contributed by atoms with van der Waals surface area (Å²) in [6.07, 6.45) is 11.5. The Morgan fingerprint density at radius 3 is 2.28 bits per heavy atom. The molecule has 2 unspecified atom stereocenters. The number of amides is 1. The molecule has 1 amide bonds. The Hall–Kier alpha value is -4.27. The Labute approximate surface area is 488 Å². The number of allylic oxidation sites excluding steroid dienone is 6. The van der Waals surface area contributed by atoms with Gasteiger partial charge in [-0.1, -0.05) is 101 Å². The molecule has 1 saturated carbocycles. The average molecular weight is 1150 g/mol. The summed E-state index contributed by atoms with van der Waals surface area (Å²) < 4.78 is 42.7. The van der Waals surface area contributed by atoms with Crippen LogP contribution >= 0.6 is 0 Å². The SMILES string of the molecule is CO[C@@H]1C[C@H](C[C@@H](C)[C@@H]2CC(=O)[C@H](C)/C=C(\C)[C@@H](O)[C@@H](OC)C(=O)[C@H](C)C[C@H](C)/C=C/C=C/C=C(\C)C(OC[C@H](O)c3ccccc3)C[C@@H]3CC[C@@H](C)[C@@](O)(O3)C(=O)C(=O)N3CCCCC3C(=O)O2)CC[C@H]1OCCCN1CCOCC1. The van der Waals surface area contributed by atoms with E-state index in [0.717, 1.165) is 57.7 Å². The fourth-order valence-corrected chi connectivity index (χ4v) is 12.5. The largest absolute Gasteiger partial charge is 0.460 e. The van der Waals surface area contributed by atoms with Crippen LogP contribution in [-0.2, 0) is 57.1 Å². The lowest BCUT2D eigenvalue weighted by Gasteiger charge is -2.43. The average Bonchev–Trinajstić information content (AvgIpc) is 3.47. The van der Waals surface area contributed by atoms with Gasteiger partial charge in [-0.3, -0.25) is 24.1 Å². The van der Waals surface area contributed by atoms with E-state index < -0.39 is 83.9 Å². The Bertz CT molecular complexity index is 2330. The third kappa shape index (κ3) is 18.9. The molecular weight excluding hydrogens is 1050 g/mol. The van der Waals surface area contributed by atoms with Crippen molar-refractivity contribution in [3.8, 4) is 0 Å². The third-order valence-corrected chi connectivity index (χ3v) is 17.9. The van der Waals surface area contributed by atoms with E-state index in [4.69, 9.17) is 33.2 Å². The number of ether oxygens (including phenoxy) is 7. The van der Waals surface area contributed by atoms with Crippen LogP contribution in [0.25, 0.3) is 0 Å². The number of cyclic esters (lactones) is 1. The van der Waals surface area contributed by atoms with Gasteiger partial charge in [0, 0.05) is 77.6 Å². The van der Waals surface area contributed by atoms with Crippen molar-refractivity contribution in [1.82, 2.24) is 9.80 Å². The van der Waals surface area contributed by atoms with E-state index in [-0.39, 0.29) is 73.9 Å². The van der Waals surface area contributed by atoms with Gasteiger partial charge in [-0.05, 0) is 119 Å². The lowest BCUT2D eigenvalue weighted by molar-refractivity contribution is -0.266. The summed E-state index contributed by atoms with van der Waals surface area (Å²) in [7, 11) is 3.09. The summed E-state index contributed by atoms with van der Waals surface area (Å²) in [6, 6.07) is 7.98. The summed E-state index contributed by atoms with van der Waals surface area (Å²) in [4.78, 5) is 75.9. The molecular formula is C65H98N2O15. The number of ketones is 3. The quantitative estimate of drug-likeness (QED) is 0.0695. The number of benzene rings is 1. The number of morpholine rings is 1. The van der Waals surface area contributed by atoms with Crippen molar-refractivity contribution in [2.45, 2.75) is 193 Å². The topological polar surface area (TPSA) is 217 Å². The van der Waals surface area contributed by atoms with Gasteiger partial charge in [-0.25, -0.2) is 4.79 Å². The number of nitrogens with zero attached hydrogens (tertiary/aromatic N) is 2. The van der Waals surface area contributed by atoms with Crippen molar-refractivity contribution in [2.75, 3.05) is 66.8 Å². The molecule has 1 aliphatic carbocycles. The summed E-state index contributed by atoms with van der Waals surface area (Å²) in [5.74, 6) is -8.23. The molecule has 17 nitrogen and oxygen atoms in total. The number of piperidine rings is 1. The number of aliphatic hydroxyl groups is 3. The van der Waals surface area contributed by atoms with Crippen molar-refractivity contribution in [1.29, 1.82) is 0 Å². The number of carbonyl (C=O) groups excluding carboxylic acids is 5. The third-order valence-electron chi connectivity index (χ3n) is 17.9. The maximum atomic E-state index is 14.7. The molecule has 5 aliphatic rings. The summed E-state index contributed by atoms with van der Waals surface area (Å²) in [6.45, 7) is 17.6. The van der Waals surface area contributed by atoms with Crippen LogP contribution < -0.4 is 0 Å². The molecule has 0 aromatic heterocycles. The summed E-state index contributed by atoms with van der Waals surface area (Å²) >= 11 is 0. The highest BCUT2D eigenvalue weighted by Gasteiger charge is 2.53. The summed E-state index contributed by atoms with van der Waals surface area (Å²) in [5.41, 5.74) is 1.84. The van der Waals surface area contributed by atoms with E-state index in [1.807, 2.05) is 88.4 Å². The van der Waals surface area contributed by atoms with Gasteiger partial charge >= 0.3 is 5.97 Å². The number of aliphatic hydroxyl groups excluding tert-OH is 2. The maximum absolute atomic E-state index is 14.7. The molecule has 0 radical (unpaired) electrons.